The van der Waals surface area contributed by atoms with Gasteiger partial charge in [-0.2, -0.15) is 0 Å². The standard InChI is InChI=1S/C28H25N7O4/c1-39-24-14-7-4-11-21(24)27(36)32-15-8-16-33(18-17-32)28-29-22-12-5-2-9-19(22)25-30-31-26(34(25)28)20-10-3-6-13-23(20)35(37)38/h2-7,9-14H,8,15-18H2,1H3. The minimum Gasteiger partial charge on any atom is -0.496 e. The van der Waals surface area contributed by atoms with E-state index in [1.807, 2.05) is 41.3 Å². The van der Waals surface area contributed by atoms with Crippen LogP contribution in [0.2, 0.25) is 0 Å². The molecule has 0 N–H and O–H groups in total. The highest BCUT2D eigenvalue weighted by Crippen LogP contribution is 2.33. The second-order valence-corrected chi connectivity index (χ2v) is 9.22. The third kappa shape index (κ3) is 4.27. The third-order valence-electron chi connectivity index (χ3n) is 6.97. The molecule has 1 fully saturated rings. The van der Waals surface area contributed by atoms with E-state index in [4.69, 9.17) is 9.72 Å². The summed E-state index contributed by atoms with van der Waals surface area (Å²) < 4.78 is 7.20. The molecule has 3 aromatic carbocycles. The van der Waals surface area contributed by atoms with Gasteiger partial charge < -0.3 is 14.5 Å². The first-order valence-corrected chi connectivity index (χ1v) is 12.6. The summed E-state index contributed by atoms with van der Waals surface area (Å²) in [6.07, 6.45) is 0.708. The van der Waals surface area contributed by atoms with Crippen LogP contribution in [-0.4, -0.2) is 68.6 Å². The Hall–Kier alpha value is -5.06. The van der Waals surface area contributed by atoms with Crippen LogP contribution in [0.4, 0.5) is 11.6 Å². The number of nitro benzene ring substituents is 1. The van der Waals surface area contributed by atoms with Crippen molar-refractivity contribution in [3.8, 4) is 17.1 Å². The molecule has 39 heavy (non-hydrogen) atoms. The number of methoxy groups -OCH3 is 1. The first kappa shape index (κ1) is 24.3. The number of carbonyl (C=O) groups is 1. The summed E-state index contributed by atoms with van der Waals surface area (Å²) in [7, 11) is 1.56. The number of para-hydroxylation sites is 3. The molecule has 0 unspecified atom stereocenters. The Morgan fingerprint density at radius 3 is 2.54 bits per heavy atom. The van der Waals surface area contributed by atoms with Gasteiger partial charge in [0.15, 0.2) is 11.5 Å². The summed E-state index contributed by atoms with van der Waals surface area (Å²) >= 11 is 0. The Labute approximate surface area is 223 Å². The van der Waals surface area contributed by atoms with Gasteiger partial charge in [0.1, 0.15) is 5.75 Å². The topological polar surface area (TPSA) is 119 Å². The van der Waals surface area contributed by atoms with Gasteiger partial charge in [-0.25, -0.2) is 9.38 Å². The fourth-order valence-electron chi connectivity index (χ4n) is 5.09. The van der Waals surface area contributed by atoms with E-state index in [1.54, 1.807) is 41.8 Å². The Balaban J connectivity index is 1.43. The van der Waals surface area contributed by atoms with E-state index >= 15 is 0 Å². The number of hydrogen-bond donors (Lipinski definition) is 0. The van der Waals surface area contributed by atoms with Crippen LogP contribution in [0.5, 0.6) is 5.75 Å². The number of nitrogens with zero attached hydrogens (tertiary/aromatic N) is 7. The van der Waals surface area contributed by atoms with Crippen LogP contribution in [0.25, 0.3) is 27.9 Å². The van der Waals surface area contributed by atoms with Crippen LogP contribution in [-0.2, 0) is 0 Å². The molecule has 1 saturated heterocycles. The summed E-state index contributed by atoms with van der Waals surface area (Å²) in [5, 5.41) is 21.5. The van der Waals surface area contributed by atoms with Gasteiger partial charge in [0.05, 0.1) is 28.7 Å². The fourth-order valence-corrected chi connectivity index (χ4v) is 5.09. The molecule has 0 atom stereocenters. The smallest absolute Gasteiger partial charge is 0.280 e. The fraction of sp³-hybridized carbons (Fsp3) is 0.214. The van der Waals surface area contributed by atoms with Crippen molar-refractivity contribution >= 4 is 34.1 Å². The van der Waals surface area contributed by atoms with E-state index in [-0.39, 0.29) is 11.6 Å². The monoisotopic (exact) mass is 523 g/mol. The number of hydrogen-bond acceptors (Lipinski definition) is 8. The molecule has 0 spiro atoms. The maximum Gasteiger partial charge on any atom is 0.280 e. The molecule has 11 heteroatoms. The van der Waals surface area contributed by atoms with Crippen LogP contribution in [0.3, 0.4) is 0 Å². The number of benzene rings is 3. The molecule has 0 saturated carbocycles. The number of anilines is 1. The van der Waals surface area contributed by atoms with E-state index in [9.17, 15) is 14.9 Å². The summed E-state index contributed by atoms with van der Waals surface area (Å²) in [5.41, 5.74) is 2.13. The van der Waals surface area contributed by atoms with E-state index in [0.717, 1.165) is 10.9 Å². The zero-order valence-corrected chi connectivity index (χ0v) is 21.2. The Morgan fingerprint density at radius 2 is 1.69 bits per heavy atom. The van der Waals surface area contributed by atoms with E-state index in [2.05, 4.69) is 15.1 Å². The lowest BCUT2D eigenvalue weighted by atomic mass is 10.1. The van der Waals surface area contributed by atoms with E-state index in [1.165, 1.54) is 6.07 Å². The van der Waals surface area contributed by atoms with Crippen LogP contribution in [0.1, 0.15) is 16.8 Å². The molecule has 196 valence electrons. The highest BCUT2D eigenvalue weighted by Gasteiger charge is 2.27. The molecule has 3 heterocycles. The molecule has 0 aliphatic carbocycles. The van der Waals surface area contributed by atoms with Crippen molar-refractivity contribution in [1.29, 1.82) is 0 Å². The first-order chi connectivity index (χ1) is 19.1. The number of rotatable bonds is 5. The summed E-state index contributed by atoms with van der Waals surface area (Å²) in [5.74, 6) is 1.38. The van der Waals surface area contributed by atoms with Crippen molar-refractivity contribution in [2.45, 2.75) is 6.42 Å². The van der Waals surface area contributed by atoms with Gasteiger partial charge in [-0.1, -0.05) is 36.4 Å². The second kappa shape index (κ2) is 10.0. The predicted octanol–water partition coefficient (Wildman–Crippen LogP) is 4.21. The number of nitro groups is 1. The zero-order chi connectivity index (χ0) is 26.9. The van der Waals surface area contributed by atoms with Gasteiger partial charge in [-0.05, 0) is 36.8 Å². The highest BCUT2D eigenvalue weighted by atomic mass is 16.6. The molecule has 6 rings (SSSR count). The number of fused-ring (bicyclic) bond motifs is 3. The van der Waals surface area contributed by atoms with E-state index in [0.29, 0.717) is 66.9 Å². The van der Waals surface area contributed by atoms with Crippen LogP contribution in [0, 0.1) is 10.1 Å². The van der Waals surface area contributed by atoms with Crippen molar-refractivity contribution in [1.82, 2.24) is 24.5 Å². The SMILES string of the molecule is COc1ccccc1C(=O)N1CCCN(c2nc3ccccc3c3nnc(-c4ccccc4[N+](=O)[O-])n23)CC1. The largest absolute Gasteiger partial charge is 0.496 e. The van der Waals surface area contributed by atoms with Gasteiger partial charge in [0, 0.05) is 37.6 Å². The van der Waals surface area contributed by atoms with Crippen LogP contribution in [0.15, 0.2) is 72.8 Å². The molecule has 0 bridgehead atoms. The Bertz CT molecular complexity index is 1720. The van der Waals surface area contributed by atoms with Crippen molar-refractivity contribution < 1.29 is 14.5 Å². The van der Waals surface area contributed by atoms with Gasteiger partial charge >= 0.3 is 0 Å². The number of amides is 1. The van der Waals surface area contributed by atoms with Gasteiger partial charge in [-0.3, -0.25) is 14.9 Å². The maximum absolute atomic E-state index is 13.4. The molecule has 1 aliphatic rings. The predicted molar refractivity (Wildman–Crippen MR) is 146 cm³/mol. The molecular formula is C28H25N7O4. The van der Waals surface area contributed by atoms with Gasteiger partial charge in [0.2, 0.25) is 5.95 Å². The lowest BCUT2D eigenvalue weighted by molar-refractivity contribution is -0.384. The van der Waals surface area contributed by atoms with Crippen molar-refractivity contribution in [2.75, 3.05) is 38.2 Å². The second-order valence-electron chi connectivity index (χ2n) is 9.22. The minimum absolute atomic E-state index is 0.0599. The Morgan fingerprint density at radius 1 is 0.923 bits per heavy atom. The maximum atomic E-state index is 13.4. The van der Waals surface area contributed by atoms with Crippen molar-refractivity contribution in [3.63, 3.8) is 0 Å². The summed E-state index contributed by atoms with van der Waals surface area (Å²) in [4.78, 5) is 33.7. The lowest BCUT2D eigenvalue weighted by Crippen LogP contribution is -2.36. The normalized spacial score (nSPS) is 14.0. The zero-order valence-electron chi connectivity index (χ0n) is 21.2. The van der Waals surface area contributed by atoms with Crippen LogP contribution < -0.4 is 9.64 Å². The minimum atomic E-state index is -0.419. The molecule has 1 amide bonds. The number of ether oxygens (including phenoxy) is 1. The quantitative estimate of drug-likeness (QED) is 0.248. The average molecular weight is 524 g/mol. The highest BCUT2D eigenvalue weighted by molar-refractivity contribution is 5.97. The van der Waals surface area contributed by atoms with Gasteiger partial charge in [0.25, 0.3) is 11.6 Å². The number of aromatic nitrogens is 4. The van der Waals surface area contributed by atoms with Crippen molar-refractivity contribution in [3.05, 3.63) is 88.5 Å². The first-order valence-electron chi connectivity index (χ1n) is 12.6. The van der Waals surface area contributed by atoms with Crippen LogP contribution >= 0.6 is 0 Å². The molecule has 5 aromatic rings. The van der Waals surface area contributed by atoms with E-state index < -0.39 is 4.92 Å². The average Bonchev–Trinajstić information content (AvgIpc) is 3.27. The lowest BCUT2D eigenvalue weighted by Gasteiger charge is -2.24. The molecule has 0 radical (unpaired) electrons. The molecule has 1 aliphatic heterocycles. The Kier molecular flexibility index (Phi) is 6.23. The summed E-state index contributed by atoms with van der Waals surface area (Å²) in [6.45, 7) is 2.18. The third-order valence-corrected chi connectivity index (χ3v) is 6.97. The molecule has 11 nitrogen and oxygen atoms in total. The molecular weight excluding hydrogens is 498 g/mol. The molecule has 2 aromatic heterocycles. The van der Waals surface area contributed by atoms with Gasteiger partial charge in [-0.15, -0.1) is 10.2 Å². The summed E-state index contributed by atoms with van der Waals surface area (Å²) in [6, 6.07) is 21.3. The van der Waals surface area contributed by atoms with Crippen molar-refractivity contribution in [2.24, 2.45) is 0 Å². The number of carbonyl (C=O) groups excluding carboxylic acids is 1.